The molecule has 0 aliphatic carbocycles. The van der Waals surface area contributed by atoms with Crippen molar-refractivity contribution in [3.63, 3.8) is 0 Å². The van der Waals surface area contributed by atoms with Crippen molar-refractivity contribution >= 4 is 65.4 Å². The number of phosphoric acid groups is 4. The fraction of sp³-hybridized carbons (Fsp3) is 0.543. The standard InChI is InChI=1S/C35H48N12O25P4/c1-4-6-44-14-47(29-21(44)30(52)43-34(37)42-29)31-22(49)15(8-62-2)16(67-31)9-65-74(56,57)71-76(60,61)72-75(58,59)66-11-18-25(26(63-3)33(69-18)46-13-40-20-27(36)38-12-39-28(20)46)70-73(54,55)64-10-17-23(50)24(51)32(68-17)45-7-5-19(48)41-35(45)53/h4-5,7,12-18,22-26,31-33,49-51H,1,6,8-11H2,2-3H3,(H9-,36,37,38,39,41,42,43,48,52,53,54,55,56,57,58,59,60,61)/p+1/t15-,16-,17-,18?,22-,23-,24-,25-,26-,31-,32-,33-/m1/s1. The lowest BCUT2D eigenvalue weighted by atomic mass is 9.99. The van der Waals surface area contributed by atoms with Crippen molar-refractivity contribution in [3.8, 4) is 0 Å². The van der Waals surface area contributed by atoms with E-state index in [1.165, 1.54) is 33.2 Å². The summed E-state index contributed by atoms with van der Waals surface area (Å²) in [6.45, 7) is 0.233. The summed E-state index contributed by atoms with van der Waals surface area (Å²) in [5, 5.41) is 32.6. The minimum absolute atomic E-state index is 0.00689. The Morgan fingerprint density at radius 2 is 1.38 bits per heavy atom. The monoisotopic (exact) mass is 1160 g/mol. The number of ether oxygens (including phenoxy) is 5. The van der Waals surface area contributed by atoms with Crippen LogP contribution in [0.15, 0.2) is 58.3 Å². The number of nitrogens with one attached hydrogen (secondary N) is 2. The lowest BCUT2D eigenvalue weighted by Crippen LogP contribution is -2.38. The van der Waals surface area contributed by atoms with Gasteiger partial charge in [-0.25, -0.2) is 42.6 Å². The van der Waals surface area contributed by atoms with Crippen molar-refractivity contribution < 1.29 is 108 Å². The zero-order valence-corrected chi connectivity index (χ0v) is 42.7. The van der Waals surface area contributed by atoms with Crippen LogP contribution in [0.3, 0.4) is 0 Å². The van der Waals surface area contributed by atoms with Crippen LogP contribution in [0, 0.1) is 5.92 Å². The van der Waals surface area contributed by atoms with E-state index in [0.29, 0.717) is 0 Å². The summed E-state index contributed by atoms with van der Waals surface area (Å²) in [5.41, 5.74) is 9.28. The third-order valence-electron chi connectivity index (χ3n) is 11.7. The van der Waals surface area contributed by atoms with E-state index in [1.54, 1.807) is 0 Å². The number of nitrogens with zero attached hydrogens (tertiary/aromatic N) is 8. The van der Waals surface area contributed by atoms with E-state index in [4.69, 9.17) is 53.2 Å². The lowest BCUT2D eigenvalue weighted by molar-refractivity contribution is -0.662. The van der Waals surface area contributed by atoms with Gasteiger partial charge in [0.15, 0.2) is 23.9 Å². The molecule has 13 N–H and O–H groups in total. The van der Waals surface area contributed by atoms with Crippen molar-refractivity contribution in [1.29, 1.82) is 0 Å². The Labute approximate surface area is 423 Å². The predicted octanol–water partition coefficient (Wildman–Crippen LogP) is -3.33. The van der Waals surface area contributed by atoms with Gasteiger partial charge in [0.2, 0.25) is 18.5 Å². The predicted molar refractivity (Wildman–Crippen MR) is 246 cm³/mol. The number of methoxy groups -OCH3 is 2. The molecule has 41 heteroatoms. The topological polar surface area (TPSA) is 516 Å². The molecule has 418 valence electrons. The van der Waals surface area contributed by atoms with Crippen LogP contribution in [-0.4, -0.2) is 168 Å². The zero-order chi connectivity index (χ0) is 55.2. The van der Waals surface area contributed by atoms with Crippen molar-refractivity contribution in [2.75, 3.05) is 52.1 Å². The zero-order valence-electron chi connectivity index (χ0n) is 39.1. The van der Waals surface area contributed by atoms with Crippen LogP contribution in [0.5, 0.6) is 0 Å². The molecule has 0 aromatic carbocycles. The molecule has 3 aliphatic heterocycles. The minimum atomic E-state index is -6.19. The van der Waals surface area contributed by atoms with Gasteiger partial charge in [-0.1, -0.05) is 12.7 Å². The number of anilines is 2. The molecule has 3 saturated heterocycles. The highest BCUT2D eigenvalue weighted by Gasteiger charge is 2.54. The molecule has 37 nitrogen and oxygen atoms in total. The number of hydrogen-bond acceptors (Lipinski definition) is 27. The van der Waals surface area contributed by atoms with Crippen LogP contribution in [0.1, 0.15) is 18.7 Å². The van der Waals surface area contributed by atoms with Crippen molar-refractivity contribution in [2.45, 2.75) is 74.1 Å². The quantitative estimate of drug-likeness (QED) is 0.0173. The molecular formula is C35H49N12O25P4+. The molecule has 3 aliphatic rings. The molecule has 0 bridgehead atoms. The van der Waals surface area contributed by atoms with Gasteiger partial charge < -0.3 is 70.0 Å². The number of aliphatic hydroxyl groups excluding tert-OH is 3. The highest BCUT2D eigenvalue weighted by atomic mass is 31.3. The highest BCUT2D eigenvalue weighted by Crippen LogP contribution is 2.68. The van der Waals surface area contributed by atoms with E-state index in [-0.39, 0.29) is 47.2 Å². The fourth-order valence-corrected chi connectivity index (χ4v) is 12.9. The number of hydrogen-bond donors (Lipinski definition) is 11. The SMILES string of the molecule is C=CC[n+]1cn([C@@H]2O[C@H](COP(=O)(O)OP(=O)(O)OP(=O)(O)OCC3O[C@@H](n4cnc5c(N)ncnc54)[C@H](OC)[C@@H]3OP(=O)(O)OC[C@H]3O[C@@H](n4ccc(=O)[nH]c4=O)[C@H](O)[C@@H]3O)[C@@H](COC)[C@H]2O)c2nc(N)[nH]c(=O)c21. The first-order valence-electron chi connectivity index (χ1n) is 21.8. The smallest absolute Gasteiger partial charge is 0.387 e. The molecule has 0 spiro atoms. The van der Waals surface area contributed by atoms with Crippen LogP contribution in [0.4, 0.5) is 11.8 Å². The first-order valence-corrected chi connectivity index (χ1v) is 27.8. The van der Waals surface area contributed by atoms with Gasteiger partial charge in [0.1, 0.15) is 61.1 Å². The average Bonchev–Trinajstić information content (AvgIpc) is 4.17. The second-order valence-electron chi connectivity index (χ2n) is 16.7. The Morgan fingerprint density at radius 3 is 2.04 bits per heavy atom. The summed E-state index contributed by atoms with van der Waals surface area (Å²) in [5.74, 6) is -1.43. The van der Waals surface area contributed by atoms with Crippen molar-refractivity contribution in [3.05, 3.63) is 75.1 Å². The summed E-state index contributed by atoms with van der Waals surface area (Å²) in [4.78, 5) is 99.9. The molecule has 0 saturated carbocycles. The third kappa shape index (κ3) is 12.2. The van der Waals surface area contributed by atoms with Gasteiger partial charge in [-0.3, -0.25) is 46.8 Å². The number of aromatic amines is 2. The molecule has 5 unspecified atom stereocenters. The Kier molecular flexibility index (Phi) is 16.9. The number of aromatic nitrogens is 10. The number of phosphoric ester groups is 3. The second kappa shape index (κ2) is 22.5. The molecule has 0 amide bonds. The Bertz CT molecular complexity index is 3340. The van der Waals surface area contributed by atoms with Crippen molar-refractivity contribution in [2.24, 2.45) is 5.92 Å². The largest absolute Gasteiger partial charge is 0.490 e. The number of aliphatic hydroxyl groups is 3. The third-order valence-corrected chi connectivity index (χ3v) is 17.0. The van der Waals surface area contributed by atoms with E-state index < -0.39 is 141 Å². The second-order valence-corrected chi connectivity index (χ2v) is 22.7. The molecule has 0 radical (unpaired) electrons. The summed E-state index contributed by atoms with van der Waals surface area (Å²) in [6, 6.07) is 0.925. The number of fused-ring (bicyclic) bond motifs is 2. The number of nitrogen functional groups attached to an aromatic ring is 2. The summed E-state index contributed by atoms with van der Waals surface area (Å²) in [7, 11) is -21.1. The first-order chi connectivity index (χ1) is 35.8. The molecular weight excluding hydrogens is 1110 g/mol. The fourth-order valence-electron chi connectivity index (χ4n) is 8.46. The van der Waals surface area contributed by atoms with Crippen LogP contribution >= 0.6 is 31.3 Å². The molecule has 8 heterocycles. The number of H-pyrrole nitrogens is 2. The molecule has 3 fully saturated rings. The molecule has 5 aromatic heterocycles. The minimum Gasteiger partial charge on any atom is -0.387 e. The first kappa shape index (κ1) is 57.3. The van der Waals surface area contributed by atoms with Crippen LogP contribution in [0.25, 0.3) is 22.3 Å². The molecule has 8 rings (SSSR count). The maximum absolute atomic E-state index is 13.6. The van der Waals surface area contributed by atoms with Crippen LogP contribution in [0.2, 0.25) is 0 Å². The molecule has 16 atom stereocenters. The van der Waals surface area contributed by atoms with E-state index in [2.05, 4.69) is 40.1 Å². The van der Waals surface area contributed by atoms with Crippen LogP contribution in [-0.2, 0) is 75.2 Å². The lowest BCUT2D eigenvalue weighted by Gasteiger charge is -2.26. The van der Waals surface area contributed by atoms with E-state index in [9.17, 15) is 67.5 Å². The van der Waals surface area contributed by atoms with Gasteiger partial charge in [-0.2, -0.15) is 18.2 Å². The highest BCUT2D eigenvalue weighted by molar-refractivity contribution is 7.66. The molecule has 76 heavy (non-hydrogen) atoms. The normalized spacial score (nSPS) is 30.1. The summed E-state index contributed by atoms with van der Waals surface area (Å²) in [6.07, 6.45) is -11.9. The Hall–Kier alpha value is -4.88. The van der Waals surface area contributed by atoms with Gasteiger partial charge in [0.25, 0.3) is 16.7 Å². The summed E-state index contributed by atoms with van der Waals surface area (Å²) >= 11 is 0. The summed E-state index contributed by atoms with van der Waals surface area (Å²) < 4.78 is 115. The molecule has 5 aromatic rings. The number of imidazole rings is 2. The number of nitrogens with two attached hydrogens (primary N) is 2. The van der Waals surface area contributed by atoms with E-state index >= 15 is 0 Å². The Morgan fingerprint density at radius 1 is 0.750 bits per heavy atom. The maximum Gasteiger partial charge on any atom is 0.490 e. The number of allylic oxidation sites excluding steroid dienone is 1. The van der Waals surface area contributed by atoms with Crippen LogP contribution < -0.4 is 32.8 Å². The van der Waals surface area contributed by atoms with E-state index in [1.807, 2.05) is 4.98 Å². The average molecular weight is 1160 g/mol. The van der Waals surface area contributed by atoms with Gasteiger partial charge in [0.05, 0.1) is 38.9 Å². The Balaban J connectivity index is 0.942. The maximum atomic E-state index is 13.6. The van der Waals surface area contributed by atoms with Gasteiger partial charge in [-0.15, -0.1) is 0 Å². The number of rotatable bonds is 23. The van der Waals surface area contributed by atoms with Gasteiger partial charge in [-0.05, 0) is 0 Å². The van der Waals surface area contributed by atoms with Crippen molar-refractivity contribution in [1.82, 2.24) is 43.6 Å². The van der Waals surface area contributed by atoms with Gasteiger partial charge >= 0.3 is 42.5 Å². The van der Waals surface area contributed by atoms with E-state index in [0.717, 1.165) is 36.6 Å². The van der Waals surface area contributed by atoms with Gasteiger partial charge in [0, 0.05) is 32.4 Å².